The van der Waals surface area contributed by atoms with Crippen LogP contribution in [0.3, 0.4) is 0 Å². The molecule has 0 spiro atoms. The van der Waals surface area contributed by atoms with Crippen molar-refractivity contribution in [3.05, 3.63) is 0 Å². The van der Waals surface area contributed by atoms with E-state index in [0.29, 0.717) is 0 Å². The molecular weight excluding hydrogens is 867 g/mol. The number of phosphoric ester groups is 1. The molecule has 0 bridgehead atoms. The molecule has 0 amide bonds. The summed E-state index contributed by atoms with van der Waals surface area (Å²) in [6.07, 6.45) is -44.6. The average molecular weight is 923 g/mol. The Morgan fingerprint density at radius 3 is 1.13 bits per heavy atom. The lowest BCUT2D eigenvalue weighted by Gasteiger charge is -2.49. The van der Waals surface area contributed by atoms with Gasteiger partial charge in [0.15, 0.2) is 30.9 Å². The molecule has 358 valence electrons. The molecule has 25 atom stereocenters. The smallest absolute Gasteiger partial charge is 0.396 e. The fourth-order valence-corrected chi connectivity index (χ4v) is 8.19. The van der Waals surface area contributed by atoms with Crippen molar-refractivity contribution in [3.63, 3.8) is 0 Å². The van der Waals surface area contributed by atoms with Crippen LogP contribution in [0.5, 0.6) is 0 Å². The van der Waals surface area contributed by atoms with Gasteiger partial charge in [0.1, 0.15) is 97.7 Å². The van der Waals surface area contributed by atoms with E-state index >= 15 is 0 Å². The summed E-state index contributed by atoms with van der Waals surface area (Å²) in [6.45, 7) is -6.22. The summed E-state index contributed by atoms with van der Waals surface area (Å²) in [7, 11) is -5.15. The second-order valence-corrected chi connectivity index (χ2v) is 16.4. The second-order valence-electron chi connectivity index (χ2n) is 15.2. The lowest BCUT2D eigenvalue weighted by Crippen LogP contribution is -2.68. The summed E-state index contributed by atoms with van der Waals surface area (Å²) in [6, 6.07) is 0. The minimum atomic E-state index is -5.15. The van der Waals surface area contributed by atoms with Crippen LogP contribution in [0.2, 0.25) is 0 Å². The minimum absolute atomic E-state index is 1.02. The van der Waals surface area contributed by atoms with Crippen molar-refractivity contribution in [2.45, 2.75) is 141 Å². The summed E-state index contributed by atoms with van der Waals surface area (Å²) in [5.74, 6) is -6.23. The molecule has 30 heteroatoms. The Labute approximate surface area is 343 Å². The predicted octanol–water partition coefficient (Wildman–Crippen LogP) is -12.0. The van der Waals surface area contributed by atoms with E-state index in [-0.39, 0.29) is 0 Å². The van der Waals surface area contributed by atoms with Gasteiger partial charge in [0.05, 0.1) is 63.7 Å². The number of phosphoric acid groups is 1. The normalized spacial score (nSPS) is 51.1. The van der Waals surface area contributed by atoms with Crippen LogP contribution in [-0.4, -0.2) is 277 Å². The maximum Gasteiger partial charge on any atom is 0.469 e. The van der Waals surface area contributed by atoms with Gasteiger partial charge in [0, 0.05) is 0 Å². The van der Waals surface area contributed by atoms with E-state index in [2.05, 4.69) is 4.52 Å². The first-order valence-corrected chi connectivity index (χ1v) is 20.3. The Bertz CT molecular complexity index is 1410. The SMILES string of the molecule is O=P(O)(O)OCC1O[C@H](OC2C(O)[C@@H](OC3C(O)[C@@H](OC4C(O)[C@@H](OC5(O)C(CO)C(O)[C@H](O)C5CO)OC(CO)[C@@H]4O)OC(CO)[C@H]3O)OC(CO)[C@H]2O)C(O)C(O)[C@@H]1O. The lowest BCUT2D eigenvalue weighted by molar-refractivity contribution is -0.406. The molecule has 61 heavy (non-hydrogen) atoms. The number of hydrogen-bond acceptors (Lipinski definition) is 27. The molecule has 4 heterocycles. The van der Waals surface area contributed by atoms with E-state index in [1.165, 1.54) is 0 Å². The van der Waals surface area contributed by atoms with Gasteiger partial charge in [0.2, 0.25) is 0 Å². The largest absolute Gasteiger partial charge is 0.469 e. The molecular formula is C31H55O29P. The highest BCUT2D eigenvalue weighted by molar-refractivity contribution is 7.46. The second kappa shape index (κ2) is 20.7. The van der Waals surface area contributed by atoms with E-state index in [4.69, 9.17) is 47.7 Å². The Kier molecular flexibility index (Phi) is 17.4. The third-order valence-electron chi connectivity index (χ3n) is 11.4. The van der Waals surface area contributed by atoms with E-state index in [1.807, 2.05) is 0 Å². The van der Waals surface area contributed by atoms with E-state index in [0.717, 1.165) is 0 Å². The van der Waals surface area contributed by atoms with Gasteiger partial charge in [-0.3, -0.25) is 4.52 Å². The highest BCUT2D eigenvalue weighted by Gasteiger charge is 2.63. The number of aliphatic hydroxyl groups excluding tert-OH is 16. The van der Waals surface area contributed by atoms with Gasteiger partial charge in [-0.1, -0.05) is 0 Å². The van der Waals surface area contributed by atoms with Gasteiger partial charge in [0.25, 0.3) is 0 Å². The fourth-order valence-electron chi connectivity index (χ4n) is 7.84. The highest BCUT2D eigenvalue weighted by atomic mass is 31.2. The third kappa shape index (κ3) is 10.4. The first kappa shape index (κ1) is 51.1. The first-order valence-electron chi connectivity index (χ1n) is 18.8. The van der Waals surface area contributed by atoms with Crippen LogP contribution in [0.1, 0.15) is 0 Å². The van der Waals surface area contributed by atoms with Crippen molar-refractivity contribution in [1.29, 1.82) is 0 Å². The van der Waals surface area contributed by atoms with Crippen LogP contribution in [0.15, 0.2) is 0 Å². The molecule has 0 aromatic carbocycles. The maximum absolute atomic E-state index is 11.4. The Morgan fingerprint density at radius 2 is 0.770 bits per heavy atom. The van der Waals surface area contributed by atoms with E-state index in [9.17, 15) is 91.4 Å². The molecule has 1 saturated carbocycles. The molecule has 0 radical (unpaired) electrons. The molecule has 5 fully saturated rings. The monoisotopic (exact) mass is 922 g/mol. The molecule has 1 aliphatic carbocycles. The molecule has 4 aliphatic heterocycles. The molecule has 4 saturated heterocycles. The van der Waals surface area contributed by atoms with Crippen LogP contribution in [0.25, 0.3) is 0 Å². The van der Waals surface area contributed by atoms with Gasteiger partial charge in [-0.15, -0.1) is 0 Å². The third-order valence-corrected chi connectivity index (χ3v) is 11.8. The standard InChI is InChI=1S/C31H55O29P/c32-1-7-13(37)14(38)8(2-33)31(7,48)60-30-23(47)26(18(42)11(5-36)55-30)59-29-22(46)25(17(41)10(4-35)54-29)58-28-21(45)24(16(40)9(3-34)53-28)57-27-20(44)19(43)15(39)12(56-27)6-52-61(49,50)51/h7-30,32-48H,1-6H2,(H2,49,50,51)/t7?,8?,9?,10?,11?,12?,13-,14?,15-,16-,17-,18+,19?,20?,21?,22?,23?,24?,25?,26?,27-,28-,29-,30-,31?/m1/s1. The highest BCUT2D eigenvalue weighted by Crippen LogP contribution is 2.44. The molecule has 16 unspecified atom stereocenters. The Morgan fingerprint density at radius 1 is 0.426 bits per heavy atom. The zero-order valence-corrected chi connectivity index (χ0v) is 32.5. The van der Waals surface area contributed by atoms with E-state index in [1.54, 1.807) is 0 Å². The maximum atomic E-state index is 11.4. The number of ether oxygens (including phenoxy) is 8. The lowest BCUT2D eigenvalue weighted by atomic mass is 9.94. The van der Waals surface area contributed by atoms with Crippen LogP contribution < -0.4 is 0 Å². The van der Waals surface area contributed by atoms with Crippen LogP contribution in [-0.2, 0) is 47.0 Å². The van der Waals surface area contributed by atoms with Gasteiger partial charge in [-0.2, -0.15) is 0 Å². The Hall–Kier alpha value is -0.890. The van der Waals surface area contributed by atoms with Crippen molar-refractivity contribution in [2.75, 3.05) is 39.6 Å². The molecule has 5 aliphatic rings. The zero-order valence-electron chi connectivity index (χ0n) is 31.6. The first-order chi connectivity index (χ1) is 28.6. The minimum Gasteiger partial charge on any atom is -0.396 e. The molecule has 0 aromatic heterocycles. The average Bonchev–Trinajstić information content (AvgIpc) is 3.39. The van der Waals surface area contributed by atoms with Gasteiger partial charge >= 0.3 is 7.82 Å². The van der Waals surface area contributed by atoms with E-state index < -0.39 is 200 Å². The van der Waals surface area contributed by atoms with Gasteiger partial charge in [-0.25, -0.2) is 4.57 Å². The predicted molar refractivity (Wildman–Crippen MR) is 182 cm³/mol. The zero-order chi connectivity index (χ0) is 45.5. The van der Waals surface area contributed by atoms with Gasteiger partial charge < -0.3 is 134 Å². The summed E-state index contributed by atoms with van der Waals surface area (Å²) in [5, 5.41) is 180. The van der Waals surface area contributed by atoms with Crippen LogP contribution >= 0.6 is 7.82 Å². The van der Waals surface area contributed by atoms with Crippen LogP contribution in [0, 0.1) is 11.8 Å². The number of aliphatic hydroxyl groups is 17. The summed E-state index contributed by atoms with van der Waals surface area (Å²) in [4.78, 5) is 18.1. The van der Waals surface area contributed by atoms with Crippen LogP contribution in [0.4, 0.5) is 0 Å². The summed E-state index contributed by atoms with van der Waals surface area (Å²) < 4.78 is 59.5. The van der Waals surface area contributed by atoms with Crippen molar-refractivity contribution in [1.82, 2.24) is 0 Å². The summed E-state index contributed by atoms with van der Waals surface area (Å²) >= 11 is 0. The van der Waals surface area contributed by atoms with Crippen molar-refractivity contribution in [2.24, 2.45) is 11.8 Å². The molecule has 19 N–H and O–H groups in total. The molecule has 29 nitrogen and oxygen atoms in total. The van der Waals surface area contributed by atoms with Crippen molar-refractivity contribution < 1.29 is 144 Å². The number of rotatable bonds is 16. The molecule has 0 aromatic rings. The van der Waals surface area contributed by atoms with Gasteiger partial charge in [-0.05, 0) is 0 Å². The topological polar surface area (TPSA) is 485 Å². The molecule has 5 rings (SSSR count). The fraction of sp³-hybridized carbons (Fsp3) is 1.00. The van der Waals surface area contributed by atoms with Crippen molar-refractivity contribution in [3.8, 4) is 0 Å². The summed E-state index contributed by atoms with van der Waals surface area (Å²) in [5.41, 5.74) is 0. The van der Waals surface area contributed by atoms with Crippen molar-refractivity contribution >= 4 is 7.82 Å². The Balaban J connectivity index is 1.35. The number of hydrogen-bond donors (Lipinski definition) is 19. The quantitative estimate of drug-likeness (QED) is 0.0505.